The highest BCUT2D eigenvalue weighted by atomic mass is 16.5. The van der Waals surface area contributed by atoms with E-state index >= 15 is 0 Å². The Kier molecular flexibility index (Phi) is 11.9. The molecule has 0 spiro atoms. The number of aliphatic imine (C=N–C) groups is 1. The van der Waals surface area contributed by atoms with Crippen molar-refractivity contribution >= 4 is 35.5 Å². The van der Waals surface area contributed by atoms with Crippen LogP contribution in [0, 0.1) is 0 Å². The minimum absolute atomic E-state index is 0.0633. The maximum absolute atomic E-state index is 13.3. The molecule has 0 saturated carbocycles. The van der Waals surface area contributed by atoms with Crippen molar-refractivity contribution in [3.8, 4) is 0 Å². The number of hydrogen-bond acceptors (Lipinski definition) is 7. The highest BCUT2D eigenvalue weighted by Gasteiger charge is 2.35. The molecule has 0 bridgehead atoms. The molecule has 2 unspecified atom stereocenters. The number of aliphatic hydroxyl groups is 1. The molecule has 1 aliphatic rings. The van der Waals surface area contributed by atoms with Gasteiger partial charge in [0.05, 0.1) is 6.61 Å². The lowest BCUT2D eigenvalue weighted by atomic mass is 10.1. The number of likely N-dealkylation sites (tertiary alicyclic amines) is 1. The summed E-state index contributed by atoms with van der Waals surface area (Å²) in [5.41, 5.74) is 12.8. The first-order chi connectivity index (χ1) is 19.8. The highest BCUT2D eigenvalue weighted by Crippen LogP contribution is 2.18. The van der Waals surface area contributed by atoms with Crippen LogP contribution < -0.4 is 27.4 Å². The van der Waals surface area contributed by atoms with Crippen molar-refractivity contribution in [1.82, 2.24) is 15.5 Å². The van der Waals surface area contributed by atoms with Gasteiger partial charge in [-0.05, 0) is 48.9 Å². The summed E-state index contributed by atoms with van der Waals surface area (Å²) in [7, 11) is 0. The lowest BCUT2D eigenvalue weighted by Crippen LogP contribution is -2.53. The first-order valence-corrected chi connectivity index (χ1v) is 13.4. The van der Waals surface area contributed by atoms with E-state index in [2.05, 4.69) is 20.9 Å². The predicted molar refractivity (Wildman–Crippen MR) is 152 cm³/mol. The number of nitrogens with zero attached hydrogens (tertiary/aromatic N) is 2. The van der Waals surface area contributed by atoms with Crippen LogP contribution in [0.15, 0.2) is 59.6 Å². The number of nitrogens with one attached hydrogen (secondary N) is 3. The van der Waals surface area contributed by atoms with Gasteiger partial charge in [-0.25, -0.2) is 4.79 Å². The van der Waals surface area contributed by atoms with Crippen molar-refractivity contribution in [3.63, 3.8) is 0 Å². The molecule has 0 aromatic heterocycles. The van der Waals surface area contributed by atoms with Crippen molar-refractivity contribution in [2.45, 2.75) is 51.0 Å². The third-order valence-corrected chi connectivity index (χ3v) is 6.45. The fourth-order valence-corrected chi connectivity index (χ4v) is 4.32. The Morgan fingerprint density at radius 2 is 1.78 bits per heavy atom. The minimum Gasteiger partial charge on any atom is -0.445 e. The second-order valence-electron chi connectivity index (χ2n) is 9.51. The van der Waals surface area contributed by atoms with Gasteiger partial charge < -0.3 is 42.2 Å². The van der Waals surface area contributed by atoms with Crippen molar-refractivity contribution < 1.29 is 29.0 Å². The number of ether oxygens (including phenoxy) is 1. The predicted octanol–water partition coefficient (Wildman–Crippen LogP) is 0.573. The van der Waals surface area contributed by atoms with Crippen LogP contribution in [0.3, 0.4) is 0 Å². The number of aliphatic hydroxyl groups excluding tert-OH is 1. The van der Waals surface area contributed by atoms with E-state index in [1.165, 1.54) is 4.90 Å². The largest absolute Gasteiger partial charge is 0.445 e. The SMILES string of the molecule is NC(N)=NCCCC(NC(=O)C1CCCN1C(=O)CNC(=O)OCc1ccccc1)C(=O)Nc1ccc(CO)cc1. The highest BCUT2D eigenvalue weighted by molar-refractivity contribution is 5.98. The quantitative estimate of drug-likeness (QED) is 0.115. The molecular formula is C28H37N7O6. The Balaban J connectivity index is 1.56. The molecule has 13 nitrogen and oxygen atoms in total. The second kappa shape index (κ2) is 15.8. The molecule has 41 heavy (non-hydrogen) atoms. The van der Waals surface area contributed by atoms with E-state index in [1.54, 1.807) is 24.3 Å². The Morgan fingerprint density at radius 1 is 1.05 bits per heavy atom. The number of guanidine groups is 1. The van der Waals surface area contributed by atoms with Crippen LogP contribution in [-0.4, -0.2) is 71.5 Å². The van der Waals surface area contributed by atoms with Gasteiger partial charge in [0, 0.05) is 18.8 Å². The van der Waals surface area contributed by atoms with Gasteiger partial charge in [0.15, 0.2) is 5.96 Å². The third kappa shape index (κ3) is 10.1. The van der Waals surface area contributed by atoms with E-state index in [9.17, 15) is 24.3 Å². The Morgan fingerprint density at radius 3 is 2.46 bits per heavy atom. The maximum Gasteiger partial charge on any atom is 0.407 e. The molecule has 0 radical (unpaired) electrons. The monoisotopic (exact) mass is 567 g/mol. The van der Waals surface area contributed by atoms with Crippen LogP contribution in [0.25, 0.3) is 0 Å². The molecular weight excluding hydrogens is 530 g/mol. The molecule has 3 rings (SSSR count). The number of carbonyl (C=O) groups is 4. The smallest absolute Gasteiger partial charge is 0.407 e. The van der Waals surface area contributed by atoms with Crippen LogP contribution in [-0.2, 0) is 32.3 Å². The summed E-state index contributed by atoms with van der Waals surface area (Å²) in [5.74, 6) is -1.42. The molecule has 13 heteroatoms. The van der Waals surface area contributed by atoms with Gasteiger partial charge in [0.1, 0.15) is 25.2 Å². The number of carbonyl (C=O) groups excluding carboxylic acids is 4. The van der Waals surface area contributed by atoms with E-state index in [4.69, 9.17) is 16.2 Å². The fraction of sp³-hybridized carbons (Fsp3) is 0.393. The van der Waals surface area contributed by atoms with Crippen LogP contribution in [0.4, 0.5) is 10.5 Å². The number of hydrogen-bond donors (Lipinski definition) is 6. The van der Waals surface area contributed by atoms with Crippen LogP contribution >= 0.6 is 0 Å². The van der Waals surface area contributed by atoms with Crippen LogP contribution in [0.1, 0.15) is 36.8 Å². The number of rotatable bonds is 13. The normalized spacial score (nSPS) is 15.0. The van der Waals surface area contributed by atoms with Gasteiger partial charge in [0.2, 0.25) is 17.7 Å². The standard InChI is InChI=1S/C28H37N7O6/c29-27(30)31-14-4-8-22(25(38)33-21-12-10-19(17-36)11-13-21)34-26(39)23-9-5-15-35(23)24(37)16-32-28(40)41-18-20-6-2-1-3-7-20/h1-3,6-7,10-13,22-23,36H,4-5,8-9,14-18H2,(H,32,40)(H,33,38)(H,34,39)(H4,29,30,31). The molecule has 1 heterocycles. The Bertz CT molecular complexity index is 1200. The molecule has 2 aromatic rings. The van der Waals surface area contributed by atoms with Gasteiger partial charge in [-0.2, -0.15) is 0 Å². The van der Waals surface area contributed by atoms with Crippen molar-refractivity contribution in [2.75, 3.05) is 25.0 Å². The number of amides is 4. The molecule has 0 aliphatic carbocycles. The third-order valence-electron chi connectivity index (χ3n) is 6.45. The molecule has 1 aliphatic heterocycles. The average molecular weight is 568 g/mol. The number of alkyl carbamates (subject to hydrolysis) is 1. The topological polar surface area (TPSA) is 201 Å². The number of nitrogens with two attached hydrogens (primary N) is 2. The first-order valence-electron chi connectivity index (χ1n) is 13.4. The van der Waals surface area contributed by atoms with E-state index < -0.39 is 35.9 Å². The summed E-state index contributed by atoms with van der Waals surface area (Å²) < 4.78 is 5.14. The van der Waals surface area contributed by atoms with Gasteiger partial charge >= 0.3 is 6.09 Å². The molecule has 1 saturated heterocycles. The minimum atomic E-state index is -0.919. The summed E-state index contributed by atoms with van der Waals surface area (Å²) in [6.45, 7) is 0.222. The van der Waals surface area contributed by atoms with Gasteiger partial charge in [-0.15, -0.1) is 0 Å². The zero-order valence-corrected chi connectivity index (χ0v) is 22.8. The lowest BCUT2D eigenvalue weighted by molar-refractivity contribution is -0.138. The van der Waals surface area contributed by atoms with E-state index in [0.29, 0.717) is 37.1 Å². The summed E-state index contributed by atoms with van der Waals surface area (Å²) in [6.07, 6.45) is 0.939. The van der Waals surface area contributed by atoms with Gasteiger partial charge in [0.25, 0.3) is 0 Å². The van der Waals surface area contributed by atoms with E-state index in [0.717, 1.165) is 5.56 Å². The molecule has 4 amide bonds. The summed E-state index contributed by atoms with van der Waals surface area (Å²) in [6, 6.07) is 14.1. The second-order valence-corrected chi connectivity index (χ2v) is 9.51. The number of benzene rings is 2. The van der Waals surface area contributed by atoms with Gasteiger partial charge in [-0.3, -0.25) is 19.4 Å². The zero-order valence-electron chi connectivity index (χ0n) is 22.8. The summed E-state index contributed by atoms with van der Waals surface area (Å²) in [5, 5.41) is 17.2. The molecule has 8 N–H and O–H groups in total. The fourth-order valence-electron chi connectivity index (χ4n) is 4.32. The van der Waals surface area contributed by atoms with Crippen LogP contribution in [0.5, 0.6) is 0 Å². The average Bonchev–Trinajstić information content (AvgIpc) is 3.47. The molecule has 220 valence electrons. The van der Waals surface area contributed by atoms with Crippen molar-refractivity contribution in [1.29, 1.82) is 0 Å². The maximum atomic E-state index is 13.3. The summed E-state index contributed by atoms with van der Waals surface area (Å²) in [4.78, 5) is 56.6. The lowest BCUT2D eigenvalue weighted by Gasteiger charge is -2.26. The van der Waals surface area contributed by atoms with Crippen LogP contribution in [0.2, 0.25) is 0 Å². The van der Waals surface area contributed by atoms with Crippen molar-refractivity contribution in [2.24, 2.45) is 16.5 Å². The zero-order chi connectivity index (χ0) is 29.6. The molecule has 2 aromatic carbocycles. The molecule has 2 atom stereocenters. The molecule has 1 fully saturated rings. The Hall–Kier alpha value is -4.65. The van der Waals surface area contributed by atoms with E-state index in [1.807, 2.05) is 30.3 Å². The summed E-state index contributed by atoms with van der Waals surface area (Å²) >= 11 is 0. The van der Waals surface area contributed by atoms with Crippen molar-refractivity contribution in [3.05, 3.63) is 65.7 Å². The first kappa shape index (κ1) is 30.9. The van der Waals surface area contributed by atoms with E-state index in [-0.39, 0.29) is 38.7 Å². The number of anilines is 1. The Labute approximate surface area is 238 Å². The van der Waals surface area contributed by atoms with Gasteiger partial charge in [-0.1, -0.05) is 42.5 Å².